The zero-order valence-corrected chi connectivity index (χ0v) is 10.5. The van der Waals surface area contributed by atoms with Crippen LogP contribution in [-0.2, 0) is 7.05 Å². The molecule has 1 aromatic heterocycles. The molecule has 0 saturated heterocycles. The summed E-state index contributed by atoms with van der Waals surface area (Å²) in [5.41, 5.74) is 0.195. The molecule has 88 valence electrons. The Kier molecular flexibility index (Phi) is 3.10. The number of amides is 1. The van der Waals surface area contributed by atoms with Crippen LogP contribution in [0.1, 0.15) is 10.6 Å². The minimum absolute atomic E-state index is 0.0162. The third-order valence-electron chi connectivity index (χ3n) is 2.07. The van der Waals surface area contributed by atoms with Gasteiger partial charge in [0.15, 0.2) is 0 Å². The van der Waals surface area contributed by atoms with E-state index in [1.165, 1.54) is 7.05 Å². The van der Waals surface area contributed by atoms with Crippen LogP contribution in [0.2, 0.25) is 0 Å². The number of H-pyrrole nitrogens is 1. The number of anilines is 1. The lowest BCUT2D eigenvalue weighted by Crippen LogP contribution is -2.15. The van der Waals surface area contributed by atoms with Gasteiger partial charge < -0.3 is 5.32 Å². The van der Waals surface area contributed by atoms with E-state index in [9.17, 15) is 9.59 Å². The molecule has 2 aromatic rings. The molecule has 0 spiro atoms. The molecule has 0 saturated carbocycles. The van der Waals surface area contributed by atoms with Crippen LogP contribution in [0.15, 0.2) is 33.5 Å². The maximum Gasteiger partial charge on any atom is 0.343 e. The monoisotopic (exact) mass is 296 g/mol. The summed E-state index contributed by atoms with van der Waals surface area (Å²) in [6.45, 7) is 0. The van der Waals surface area contributed by atoms with E-state index in [0.717, 1.165) is 9.15 Å². The number of hydrogen-bond donors (Lipinski definition) is 2. The highest BCUT2D eigenvalue weighted by molar-refractivity contribution is 9.10. The number of aromatic nitrogens is 3. The zero-order valence-electron chi connectivity index (χ0n) is 8.90. The molecule has 0 radical (unpaired) electrons. The quantitative estimate of drug-likeness (QED) is 0.872. The SMILES string of the molecule is Cn1nc(C(=O)Nc2cccc(Br)c2)[nH]c1=O. The van der Waals surface area contributed by atoms with E-state index in [2.05, 4.69) is 31.3 Å². The smallest absolute Gasteiger partial charge is 0.319 e. The molecule has 0 fully saturated rings. The van der Waals surface area contributed by atoms with E-state index in [-0.39, 0.29) is 5.82 Å². The fraction of sp³-hybridized carbons (Fsp3) is 0.100. The van der Waals surface area contributed by atoms with Crippen molar-refractivity contribution in [3.8, 4) is 0 Å². The lowest BCUT2D eigenvalue weighted by atomic mass is 10.3. The van der Waals surface area contributed by atoms with E-state index in [1.807, 2.05) is 6.07 Å². The van der Waals surface area contributed by atoms with Crippen molar-refractivity contribution in [2.75, 3.05) is 5.32 Å². The number of carbonyl (C=O) groups is 1. The summed E-state index contributed by atoms with van der Waals surface area (Å²) in [4.78, 5) is 25.2. The molecule has 0 aliphatic rings. The van der Waals surface area contributed by atoms with Crippen molar-refractivity contribution in [3.63, 3.8) is 0 Å². The fourth-order valence-electron chi connectivity index (χ4n) is 1.26. The number of benzene rings is 1. The average molecular weight is 297 g/mol. The van der Waals surface area contributed by atoms with Gasteiger partial charge >= 0.3 is 5.69 Å². The standard InChI is InChI=1S/C10H9BrN4O2/c1-15-10(17)13-8(14-15)9(16)12-7-4-2-3-6(11)5-7/h2-5H,1H3,(H,12,16)(H,13,14,17). The summed E-state index contributed by atoms with van der Waals surface area (Å²) in [5, 5.41) is 6.38. The van der Waals surface area contributed by atoms with Crippen molar-refractivity contribution in [2.24, 2.45) is 7.05 Å². The molecule has 2 rings (SSSR count). The first-order valence-corrected chi connectivity index (χ1v) is 5.56. The topological polar surface area (TPSA) is 79.8 Å². The van der Waals surface area contributed by atoms with Gasteiger partial charge in [-0.05, 0) is 18.2 Å². The molecule has 0 bridgehead atoms. The molecule has 1 amide bonds. The third-order valence-corrected chi connectivity index (χ3v) is 2.56. The van der Waals surface area contributed by atoms with Crippen molar-refractivity contribution in [1.82, 2.24) is 14.8 Å². The molecule has 17 heavy (non-hydrogen) atoms. The summed E-state index contributed by atoms with van der Waals surface area (Å²) < 4.78 is 1.92. The Morgan fingerprint density at radius 3 is 2.88 bits per heavy atom. The Morgan fingerprint density at radius 1 is 1.53 bits per heavy atom. The number of hydrogen-bond acceptors (Lipinski definition) is 3. The molecule has 2 N–H and O–H groups in total. The van der Waals surface area contributed by atoms with E-state index >= 15 is 0 Å². The van der Waals surface area contributed by atoms with Gasteiger partial charge in [-0.2, -0.15) is 0 Å². The van der Waals surface area contributed by atoms with Gasteiger partial charge in [0.1, 0.15) is 0 Å². The molecular formula is C10H9BrN4O2. The minimum atomic E-state index is -0.458. The molecule has 1 heterocycles. The van der Waals surface area contributed by atoms with Gasteiger partial charge in [0.05, 0.1) is 0 Å². The van der Waals surface area contributed by atoms with Crippen LogP contribution in [0.3, 0.4) is 0 Å². The van der Waals surface area contributed by atoms with Crippen molar-refractivity contribution in [3.05, 3.63) is 45.0 Å². The number of carbonyl (C=O) groups excluding carboxylic acids is 1. The van der Waals surface area contributed by atoms with Crippen LogP contribution in [0.4, 0.5) is 5.69 Å². The Morgan fingerprint density at radius 2 is 2.29 bits per heavy atom. The average Bonchev–Trinajstić information content (AvgIpc) is 2.59. The largest absolute Gasteiger partial charge is 0.343 e. The Balaban J connectivity index is 2.20. The van der Waals surface area contributed by atoms with Gasteiger partial charge in [-0.25, -0.2) is 9.48 Å². The van der Waals surface area contributed by atoms with Crippen LogP contribution < -0.4 is 11.0 Å². The lowest BCUT2D eigenvalue weighted by Gasteiger charge is -2.02. The van der Waals surface area contributed by atoms with Gasteiger partial charge in [-0.15, -0.1) is 5.10 Å². The Hall–Kier alpha value is -1.89. The number of nitrogens with one attached hydrogen (secondary N) is 2. The second-order valence-corrected chi connectivity index (χ2v) is 4.28. The van der Waals surface area contributed by atoms with Crippen LogP contribution >= 0.6 is 15.9 Å². The number of aryl methyl sites for hydroxylation is 1. The number of rotatable bonds is 2. The Labute approximate surface area is 105 Å². The van der Waals surface area contributed by atoms with E-state index in [1.54, 1.807) is 18.2 Å². The molecule has 1 aromatic carbocycles. The second kappa shape index (κ2) is 4.54. The number of aromatic amines is 1. The first kappa shape index (κ1) is 11.6. The highest BCUT2D eigenvalue weighted by Crippen LogP contribution is 2.15. The zero-order chi connectivity index (χ0) is 12.4. The van der Waals surface area contributed by atoms with Crippen molar-refractivity contribution in [1.29, 1.82) is 0 Å². The molecule has 0 atom stereocenters. The summed E-state index contributed by atoms with van der Waals surface area (Å²) in [5.74, 6) is -0.474. The van der Waals surface area contributed by atoms with Crippen molar-refractivity contribution < 1.29 is 4.79 Å². The molecule has 0 aliphatic carbocycles. The first-order chi connectivity index (χ1) is 8.06. The third kappa shape index (κ3) is 2.62. The van der Waals surface area contributed by atoms with Crippen molar-refractivity contribution in [2.45, 2.75) is 0 Å². The van der Waals surface area contributed by atoms with Crippen LogP contribution in [0, 0.1) is 0 Å². The molecule has 0 unspecified atom stereocenters. The van der Waals surface area contributed by atoms with Crippen LogP contribution in [-0.4, -0.2) is 20.7 Å². The molecule has 7 heteroatoms. The number of nitrogens with zero attached hydrogens (tertiary/aromatic N) is 2. The maximum atomic E-state index is 11.7. The summed E-state index contributed by atoms with van der Waals surface area (Å²) >= 11 is 3.30. The maximum absolute atomic E-state index is 11.7. The Bertz CT molecular complexity index is 617. The van der Waals surface area contributed by atoms with E-state index < -0.39 is 11.6 Å². The van der Waals surface area contributed by atoms with Crippen LogP contribution in [0.25, 0.3) is 0 Å². The predicted molar refractivity (Wildman–Crippen MR) is 65.9 cm³/mol. The van der Waals surface area contributed by atoms with Gasteiger partial charge in [0.2, 0.25) is 5.82 Å². The van der Waals surface area contributed by atoms with Crippen molar-refractivity contribution >= 4 is 27.5 Å². The van der Waals surface area contributed by atoms with Crippen LogP contribution in [0.5, 0.6) is 0 Å². The molecule has 6 nitrogen and oxygen atoms in total. The minimum Gasteiger partial charge on any atom is -0.319 e. The van der Waals surface area contributed by atoms with E-state index in [0.29, 0.717) is 5.69 Å². The summed E-state index contributed by atoms with van der Waals surface area (Å²) in [7, 11) is 1.47. The predicted octanol–water partition coefficient (Wildman–Crippen LogP) is 1.12. The molecular weight excluding hydrogens is 288 g/mol. The van der Waals surface area contributed by atoms with Gasteiger partial charge in [0, 0.05) is 17.2 Å². The normalized spacial score (nSPS) is 10.2. The highest BCUT2D eigenvalue weighted by Gasteiger charge is 2.11. The van der Waals surface area contributed by atoms with Gasteiger partial charge in [0.25, 0.3) is 5.91 Å². The molecule has 0 aliphatic heterocycles. The number of halogens is 1. The second-order valence-electron chi connectivity index (χ2n) is 3.37. The fourth-order valence-corrected chi connectivity index (χ4v) is 1.66. The van der Waals surface area contributed by atoms with Gasteiger partial charge in [-0.1, -0.05) is 22.0 Å². The van der Waals surface area contributed by atoms with Gasteiger partial charge in [-0.3, -0.25) is 9.78 Å². The summed E-state index contributed by atoms with van der Waals surface area (Å²) in [6, 6.07) is 7.13. The summed E-state index contributed by atoms with van der Waals surface area (Å²) in [6.07, 6.45) is 0. The first-order valence-electron chi connectivity index (χ1n) is 4.76. The van der Waals surface area contributed by atoms with E-state index in [4.69, 9.17) is 0 Å². The highest BCUT2D eigenvalue weighted by atomic mass is 79.9. The lowest BCUT2D eigenvalue weighted by molar-refractivity contribution is 0.101.